The maximum atomic E-state index is 10.7. The minimum absolute atomic E-state index is 0.126. The van der Waals surface area contributed by atoms with Gasteiger partial charge in [-0.05, 0) is 18.2 Å². The molecule has 2 aromatic rings. The Balaban J connectivity index is 2.12. The molecule has 2 aromatic heterocycles. The van der Waals surface area contributed by atoms with E-state index in [0.29, 0.717) is 5.75 Å². The van der Waals surface area contributed by atoms with Gasteiger partial charge in [0.1, 0.15) is 0 Å². The number of thioether (sulfide) groups is 1. The topological polar surface area (TPSA) is 47.3 Å². The molecule has 4 nitrogen and oxygen atoms in total. The summed E-state index contributed by atoms with van der Waals surface area (Å²) in [6.07, 6.45) is 7.33. The first-order valence-electron chi connectivity index (χ1n) is 4.86. The van der Waals surface area contributed by atoms with Crippen LogP contribution in [0.15, 0.2) is 30.6 Å². The predicted molar refractivity (Wildman–Crippen MR) is 65.2 cm³/mol. The van der Waals surface area contributed by atoms with Crippen LogP contribution in [0, 0.1) is 0 Å². The van der Waals surface area contributed by atoms with Crippen LogP contribution >= 0.6 is 11.8 Å². The van der Waals surface area contributed by atoms with Crippen LogP contribution in [0.25, 0.3) is 11.7 Å². The van der Waals surface area contributed by atoms with Gasteiger partial charge in [0.2, 0.25) is 0 Å². The van der Waals surface area contributed by atoms with Crippen LogP contribution in [0.1, 0.15) is 12.6 Å². The van der Waals surface area contributed by atoms with Crippen molar-refractivity contribution in [1.82, 2.24) is 14.6 Å². The Morgan fingerprint density at radius 1 is 1.62 bits per heavy atom. The molecule has 0 N–H and O–H groups in total. The zero-order valence-electron chi connectivity index (χ0n) is 8.83. The minimum Gasteiger partial charge on any atom is -0.288 e. The number of hydrogen-bond acceptors (Lipinski definition) is 4. The molecular weight excluding hydrogens is 222 g/mol. The number of hydrogen-bond donors (Lipinski definition) is 0. The fourth-order valence-electron chi connectivity index (χ4n) is 1.30. The number of aromatic nitrogens is 3. The highest BCUT2D eigenvalue weighted by Gasteiger charge is 1.98. The van der Waals surface area contributed by atoms with Gasteiger partial charge in [0.25, 0.3) is 0 Å². The lowest BCUT2D eigenvalue weighted by atomic mass is 10.4. The van der Waals surface area contributed by atoms with Crippen molar-refractivity contribution < 1.29 is 4.79 Å². The summed E-state index contributed by atoms with van der Waals surface area (Å²) in [7, 11) is 0. The number of nitrogens with zero attached hydrogens (tertiary/aromatic N) is 3. The maximum absolute atomic E-state index is 10.7. The van der Waals surface area contributed by atoms with E-state index in [2.05, 4.69) is 10.1 Å². The molecule has 0 fully saturated rings. The summed E-state index contributed by atoms with van der Waals surface area (Å²) in [5.74, 6) is 0.676. The van der Waals surface area contributed by atoms with Crippen LogP contribution < -0.4 is 0 Å². The number of carbonyl (C=O) groups is 1. The van der Waals surface area contributed by atoms with E-state index in [1.807, 2.05) is 24.3 Å². The SMILES string of the molecule is CC(=O)SCC=Cc1cnc2cccnn12. The van der Waals surface area contributed by atoms with Crippen molar-refractivity contribution >= 4 is 28.6 Å². The molecule has 0 atom stereocenters. The average molecular weight is 233 g/mol. The number of carbonyl (C=O) groups excluding carboxylic acids is 1. The number of imidazole rings is 1. The molecule has 0 saturated heterocycles. The Morgan fingerprint density at radius 3 is 3.31 bits per heavy atom. The summed E-state index contributed by atoms with van der Waals surface area (Å²) in [6, 6.07) is 3.75. The standard InChI is InChI=1S/C11H11N3OS/c1-9(15)16-7-3-4-10-8-12-11-5-2-6-13-14(10)11/h2-6,8H,7H2,1H3. The van der Waals surface area contributed by atoms with Gasteiger partial charge in [-0.2, -0.15) is 5.10 Å². The molecule has 2 heterocycles. The molecule has 5 heteroatoms. The predicted octanol–water partition coefficient (Wildman–Crippen LogP) is 2.02. The van der Waals surface area contributed by atoms with Gasteiger partial charge in [-0.25, -0.2) is 9.50 Å². The van der Waals surface area contributed by atoms with E-state index in [1.54, 1.807) is 23.8 Å². The summed E-state index contributed by atoms with van der Waals surface area (Å²) < 4.78 is 1.76. The third-order valence-electron chi connectivity index (χ3n) is 1.98. The van der Waals surface area contributed by atoms with E-state index in [9.17, 15) is 4.79 Å². The molecule has 0 saturated carbocycles. The van der Waals surface area contributed by atoms with E-state index >= 15 is 0 Å². The quantitative estimate of drug-likeness (QED) is 0.813. The van der Waals surface area contributed by atoms with E-state index in [4.69, 9.17) is 0 Å². The van der Waals surface area contributed by atoms with Gasteiger partial charge in [0.05, 0.1) is 11.9 Å². The van der Waals surface area contributed by atoms with Gasteiger partial charge in [-0.15, -0.1) is 0 Å². The molecule has 0 aliphatic carbocycles. The molecule has 0 bridgehead atoms. The highest BCUT2D eigenvalue weighted by atomic mass is 32.2. The Kier molecular flexibility index (Phi) is 3.36. The first-order chi connectivity index (χ1) is 7.77. The van der Waals surface area contributed by atoms with Crippen molar-refractivity contribution in [2.75, 3.05) is 5.75 Å². The molecule has 0 spiro atoms. The van der Waals surface area contributed by atoms with Crippen molar-refractivity contribution in [1.29, 1.82) is 0 Å². The van der Waals surface area contributed by atoms with Crippen LogP contribution in [0.2, 0.25) is 0 Å². The monoisotopic (exact) mass is 233 g/mol. The molecule has 0 unspecified atom stereocenters. The van der Waals surface area contributed by atoms with E-state index < -0.39 is 0 Å². The van der Waals surface area contributed by atoms with Crippen molar-refractivity contribution in [3.05, 3.63) is 36.3 Å². The van der Waals surface area contributed by atoms with Gasteiger partial charge in [0.15, 0.2) is 10.8 Å². The largest absolute Gasteiger partial charge is 0.288 e. The Bertz CT molecular complexity index is 533. The summed E-state index contributed by atoms with van der Waals surface area (Å²) >= 11 is 1.28. The summed E-state index contributed by atoms with van der Waals surface area (Å²) in [6.45, 7) is 1.56. The molecule has 16 heavy (non-hydrogen) atoms. The van der Waals surface area contributed by atoms with E-state index in [1.165, 1.54) is 11.8 Å². The molecule has 2 rings (SSSR count). The second kappa shape index (κ2) is 4.94. The first-order valence-corrected chi connectivity index (χ1v) is 5.84. The summed E-state index contributed by atoms with van der Waals surface area (Å²) in [4.78, 5) is 14.9. The van der Waals surface area contributed by atoms with Crippen LogP contribution in [0.3, 0.4) is 0 Å². The minimum atomic E-state index is 0.126. The highest BCUT2D eigenvalue weighted by molar-refractivity contribution is 8.13. The molecule has 0 aliphatic rings. The zero-order valence-corrected chi connectivity index (χ0v) is 9.65. The van der Waals surface area contributed by atoms with Gasteiger partial charge in [0, 0.05) is 18.9 Å². The highest BCUT2D eigenvalue weighted by Crippen LogP contribution is 2.07. The Hall–Kier alpha value is -1.62. The second-order valence-electron chi connectivity index (χ2n) is 3.18. The van der Waals surface area contributed by atoms with Gasteiger partial charge in [-0.1, -0.05) is 17.8 Å². The van der Waals surface area contributed by atoms with Crippen LogP contribution in [-0.4, -0.2) is 25.5 Å². The van der Waals surface area contributed by atoms with E-state index in [0.717, 1.165) is 11.3 Å². The van der Waals surface area contributed by atoms with Crippen LogP contribution in [-0.2, 0) is 4.79 Å². The lowest BCUT2D eigenvalue weighted by Gasteiger charge is -1.93. The fourth-order valence-corrected chi connectivity index (χ4v) is 1.72. The molecular formula is C11H11N3OS. The van der Waals surface area contributed by atoms with Gasteiger partial charge in [-0.3, -0.25) is 4.79 Å². The number of rotatable bonds is 3. The summed E-state index contributed by atoms with van der Waals surface area (Å²) in [5, 5.41) is 4.31. The zero-order chi connectivity index (χ0) is 11.4. The molecule has 0 radical (unpaired) electrons. The second-order valence-corrected chi connectivity index (χ2v) is 4.38. The van der Waals surface area contributed by atoms with Crippen LogP contribution in [0.4, 0.5) is 0 Å². The molecule has 0 amide bonds. The van der Waals surface area contributed by atoms with Crippen molar-refractivity contribution in [3.8, 4) is 0 Å². The first kappa shape index (κ1) is 10.9. The third-order valence-corrected chi connectivity index (χ3v) is 2.74. The van der Waals surface area contributed by atoms with Gasteiger partial charge >= 0.3 is 0 Å². The lowest BCUT2D eigenvalue weighted by molar-refractivity contribution is -0.109. The van der Waals surface area contributed by atoms with E-state index in [-0.39, 0.29) is 5.12 Å². The number of fused-ring (bicyclic) bond motifs is 1. The van der Waals surface area contributed by atoms with Crippen molar-refractivity contribution in [2.24, 2.45) is 0 Å². The Labute approximate surface area is 97.4 Å². The van der Waals surface area contributed by atoms with Crippen molar-refractivity contribution in [2.45, 2.75) is 6.92 Å². The van der Waals surface area contributed by atoms with Crippen LogP contribution in [0.5, 0.6) is 0 Å². The maximum Gasteiger partial charge on any atom is 0.186 e. The lowest BCUT2D eigenvalue weighted by Crippen LogP contribution is -1.91. The Morgan fingerprint density at radius 2 is 2.50 bits per heavy atom. The third kappa shape index (κ3) is 2.49. The fraction of sp³-hybridized carbons (Fsp3) is 0.182. The smallest absolute Gasteiger partial charge is 0.186 e. The van der Waals surface area contributed by atoms with Gasteiger partial charge < -0.3 is 0 Å². The van der Waals surface area contributed by atoms with Crippen molar-refractivity contribution in [3.63, 3.8) is 0 Å². The normalized spacial score (nSPS) is 11.3. The molecule has 0 aliphatic heterocycles. The summed E-state index contributed by atoms with van der Waals surface area (Å²) in [5.41, 5.74) is 1.74. The molecule has 0 aromatic carbocycles. The average Bonchev–Trinajstić information content (AvgIpc) is 2.68. The molecule has 82 valence electrons.